The number of ether oxygens (including phenoxy) is 2. The van der Waals surface area contributed by atoms with Crippen molar-refractivity contribution in [2.75, 3.05) is 49.7 Å². The van der Waals surface area contributed by atoms with E-state index in [0.717, 1.165) is 43.1 Å². The van der Waals surface area contributed by atoms with Crippen molar-refractivity contribution in [3.05, 3.63) is 40.2 Å². The van der Waals surface area contributed by atoms with Gasteiger partial charge in [0, 0.05) is 39.3 Å². The predicted octanol–water partition coefficient (Wildman–Crippen LogP) is 2.26. The monoisotopic (exact) mass is 400 g/mol. The smallest absolute Gasteiger partial charge is 0.353 e. The highest BCUT2D eigenvalue weighted by molar-refractivity contribution is 5.70. The van der Waals surface area contributed by atoms with E-state index in [1.807, 2.05) is 30.0 Å². The van der Waals surface area contributed by atoms with Gasteiger partial charge < -0.3 is 19.7 Å². The molecule has 0 atom stereocenters. The van der Waals surface area contributed by atoms with E-state index in [1.54, 1.807) is 0 Å². The average molecular weight is 400 g/mol. The lowest BCUT2D eigenvalue weighted by molar-refractivity contribution is -0.383. The van der Waals surface area contributed by atoms with E-state index in [1.165, 1.54) is 6.33 Å². The first-order valence-electron chi connectivity index (χ1n) is 9.74. The summed E-state index contributed by atoms with van der Waals surface area (Å²) in [5.74, 6) is 2.22. The molecule has 10 nitrogen and oxygen atoms in total. The molecule has 1 N–H and O–H groups in total. The average Bonchev–Trinajstić information content (AvgIpc) is 3.20. The Bertz CT molecular complexity index is 885. The lowest BCUT2D eigenvalue weighted by atomic mass is 10.1. The Balaban J connectivity index is 1.42. The third-order valence-corrected chi connectivity index (χ3v) is 5.04. The predicted molar refractivity (Wildman–Crippen MR) is 108 cm³/mol. The molecule has 0 amide bonds. The van der Waals surface area contributed by atoms with Gasteiger partial charge in [0.05, 0.1) is 4.92 Å². The molecular formula is C19H24N6O4. The summed E-state index contributed by atoms with van der Waals surface area (Å²) < 4.78 is 10.8. The first-order valence-corrected chi connectivity index (χ1v) is 9.74. The van der Waals surface area contributed by atoms with Crippen molar-refractivity contribution in [2.24, 2.45) is 0 Å². The van der Waals surface area contributed by atoms with E-state index in [2.05, 4.69) is 20.2 Å². The van der Waals surface area contributed by atoms with Gasteiger partial charge in [-0.3, -0.25) is 15.0 Å². The molecule has 3 heterocycles. The molecule has 4 rings (SSSR count). The van der Waals surface area contributed by atoms with E-state index in [4.69, 9.17) is 9.47 Å². The Hall–Kier alpha value is -3.14. The SMILES string of the molecule is CCCNc1ncnc(N2CCN(Cc3ccc4c(c3)OCO4)CC2)c1[N+](=O)[O-]. The van der Waals surface area contributed by atoms with Crippen LogP contribution in [0.2, 0.25) is 0 Å². The molecule has 0 radical (unpaired) electrons. The maximum absolute atomic E-state index is 11.7. The molecule has 0 bridgehead atoms. The van der Waals surface area contributed by atoms with Gasteiger partial charge in [-0.15, -0.1) is 0 Å². The molecule has 2 aliphatic rings. The van der Waals surface area contributed by atoms with Gasteiger partial charge in [-0.2, -0.15) is 0 Å². The van der Waals surface area contributed by atoms with Crippen LogP contribution in [0.5, 0.6) is 11.5 Å². The van der Waals surface area contributed by atoms with E-state index in [-0.39, 0.29) is 18.3 Å². The van der Waals surface area contributed by atoms with Gasteiger partial charge in [0.1, 0.15) is 6.33 Å². The van der Waals surface area contributed by atoms with Crippen molar-refractivity contribution in [3.8, 4) is 11.5 Å². The van der Waals surface area contributed by atoms with E-state index in [0.29, 0.717) is 25.5 Å². The number of nitro groups is 1. The van der Waals surface area contributed by atoms with Gasteiger partial charge in [0.2, 0.25) is 18.4 Å². The minimum Gasteiger partial charge on any atom is -0.454 e. The number of hydrogen-bond acceptors (Lipinski definition) is 9. The molecule has 1 aromatic carbocycles. The van der Waals surface area contributed by atoms with E-state index < -0.39 is 4.92 Å². The van der Waals surface area contributed by atoms with Crippen molar-refractivity contribution in [1.29, 1.82) is 0 Å². The third-order valence-electron chi connectivity index (χ3n) is 5.04. The van der Waals surface area contributed by atoms with Crippen LogP contribution in [0.25, 0.3) is 0 Å². The second-order valence-electron chi connectivity index (χ2n) is 7.03. The van der Waals surface area contributed by atoms with Gasteiger partial charge in [0.15, 0.2) is 11.5 Å². The summed E-state index contributed by atoms with van der Waals surface area (Å²) in [6.07, 6.45) is 2.24. The molecule has 0 aliphatic carbocycles. The Labute approximate surface area is 168 Å². The van der Waals surface area contributed by atoms with Crippen LogP contribution in [0.3, 0.4) is 0 Å². The Morgan fingerprint density at radius 3 is 2.72 bits per heavy atom. The quantitative estimate of drug-likeness (QED) is 0.553. The van der Waals surface area contributed by atoms with Crippen LogP contribution in [0.1, 0.15) is 18.9 Å². The molecule has 2 aliphatic heterocycles. The number of aromatic nitrogens is 2. The fourth-order valence-corrected chi connectivity index (χ4v) is 3.56. The summed E-state index contributed by atoms with van der Waals surface area (Å²) in [5.41, 5.74) is 1.10. The minimum atomic E-state index is -0.397. The van der Waals surface area contributed by atoms with Gasteiger partial charge >= 0.3 is 5.69 Å². The minimum absolute atomic E-state index is 0.0508. The second kappa shape index (κ2) is 8.48. The van der Waals surface area contributed by atoms with Crippen molar-refractivity contribution < 1.29 is 14.4 Å². The van der Waals surface area contributed by atoms with Crippen molar-refractivity contribution >= 4 is 17.3 Å². The number of piperazine rings is 1. The summed E-state index contributed by atoms with van der Waals surface area (Å²) >= 11 is 0. The molecule has 0 spiro atoms. The molecule has 154 valence electrons. The van der Waals surface area contributed by atoms with Crippen molar-refractivity contribution in [1.82, 2.24) is 14.9 Å². The lowest BCUT2D eigenvalue weighted by Crippen LogP contribution is -2.46. The Kier molecular flexibility index (Phi) is 5.61. The maximum Gasteiger partial charge on any atom is 0.353 e. The zero-order valence-corrected chi connectivity index (χ0v) is 16.3. The summed E-state index contributed by atoms with van der Waals surface area (Å²) in [4.78, 5) is 23.9. The van der Waals surface area contributed by atoms with Crippen LogP contribution < -0.4 is 19.7 Å². The highest BCUT2D eigenvalue weighted by Crippen LogP contribution is 2.34. The first-order chi connectivity index (χ1) is 14.2. The molecule has 29 heavy (non-hydrogen) atoms. The summed E-state index contributed by atoms with van der Waals surface area (Å²) in [6.45, 7) is 6.58. The molecule has 1 saturated heterocycles. The van der Waals surface area contributed by atoms with Crippen LogP contribution in [0.15, 0.2) is 24.5 Å². The topological polar surface area (TPSA) is 106 Å². The molecule has 0 unspecified atom stereocenters. The number of anilines is 2. The van der Waals surface area contributed by atoms with Crippen LogP contribution in [-0.2, 0) is 6.54 Å². The maximum atomic E-state index is 11.7. The second-order valence-corrected chi connectivity index (χ2v) is 7.03. The molecule has 2 aromatic rings. The number of nitrogens with one attached hydrogen (secondary N) is 1. The van der Waals surface area contributed by atoms with E-state index >= 15 is 0 Å². The largest absolute Gasteiger partial charge is 0.454 e. The summed E-state index contributed by atoms with van der Waals surface area (Å²) in [5, 5.41) is 14.7. The van der Waals surface area contributed by atoms with Crippen LogP contribution in [-0.4, -0.2) is 59.3 Å². The molecule has 10 heteroatoms. The summed E-state index contributed by atoms with van der Waals surface area (Å²) in [7, 11) is 0. The lowest BCUT2D eigenvalue weighted by Gasteiger charge is -2.35. The van der Waals surface area contributed by atoms with E-state index in [9.17, 15) is 10.1 Å². The molecule has 1 aromatic heterocycles. The fourth-order valence-electron chi connectivity index (χ4n) is 3.56. The standard InChI is InChI=1S/C19H24N6O4/c1-2-5-20-18-17(25(26)27)19(22-12-21-18)24-8-6-23(7-9-24)11-14-3-4-15-16(10-14)29-13-28-15/h3-4,10,12H,2,5-9,11,13H2,1H3,(H,20,21,22). The van der Waals surface area contributed by atoms with Gasteiger partial charge in [-0.05, 0) is 24.1 Å². The van der Waals surface area contributed by atoms with Crippen LogP contribution in [0.4, 0.5) is 17.3 Å². The molecule has 0 saturated carbocycles. The highest BCUT2D eigenvalue weighted by Gasteiger charge is 2.29. The zero-order valence-electron chi connectivity index (χ0n) is 16.3. The Morgan fingerprint density at radius 1 is 1.17 bits per heavy atom. The fraction of sp³-hybridized carbons (Fsp3) is 0.474. The van der Waals surface area contributed by atoms with Crippen molar-refractivity contribution in [2.45, 2.75) is 19.9 Å². The van der Waals surface area contributed by atoms with Crippen molar-refractivity contribution in [3.63, 3.8) is 0 Å². The Morgan fingerprint density at radius 2 is 1.97 bits per heavy atom. The number of hydrogen-bond donors (Lipinski definition) is 1. The first kappa shape index (κ1) is 19.2. The zero-order chi connectivity index (χ0) is 20.2. The van der Waals surface area contributed by atoms with Gasteiger partial charge in [-0.25, -0.2) is 9.97 Å². The van der Waals surface area contributed by atoms with Crippen LogP contribution in [0, 0.1) is 10.1 Å². The number of fused-ring (bicyclic) bond motifs is 1. The molecular weight excluding hydrogens is 376 g/mol. The van der Waals surface area contributed by atoms with Gasteiger partial charge in [0.25, 0.3) is 0 Å². The summed E-state index contributed by atoms with van der Waals surface area (Å²) in [6, 6.07) is 5.99. The van der Waals surface area contributed by atoms with Crippen LogP contribution >= 0.6 is 0 Å². The normalized spacial score (nSPS) is 16.1. The number of nitrogens with zero attached hydrogens (tertiary/aromatic N) is 5. The highest BCUT2D eigenvalue weighted by atomic mass is 16.7. The third kappa shape index (κ3) is 4.16. The number of rotatable bonds is 7. The van der Waals surface area contributed by atoms with Gasteiger partial charge in [-0.1, -0.05) is 13.0 Å². The number of benzene rings is 1. The molecule has 1 fully saturated rings.